The molecule has 0 saturated carbocycles. The summed E-state index contributed by atoms with van der Waals surface area (Å²) in [6, 6.07) is 8.89. The van der Waals surface area contributed by atoms with Gasteiger partial charge in [-0.25, -0.2) is 19.9 Å². The number of carbonyl (C=O) groups excluding carboxylic acids is 1. The molecule has 10 heteroatoms. The lowest BCUT2D eigenvalue weighted by Crippen LogP contribution is -2.37. The van der Waals surface area contributed by atoms with E-state index < -0.39 is 0 Å². The monoisotopic (exact) mass is 457 g/mol. The Kier molecular flexibility index (Phi) is 5.62. The minimum absolute atomic E-state index is 0.00550. The molecular formula is C24H23N7O3. The summed E-state index contributed by atoms with van der Waals surface area (Å²) in [7, 11) is 1.63. The van der Waals surface area contributed by atoms with Crippen LogP contribution in [-0.2, 0) is 13.5 Å². The van der Waals surface area contributed by atoms with Crippen molar-refractivity contribution in [2.24, 2.45) is 7.05 Å². The van der Waals surface area contributed by atoms with Gasteiger partial charge in [0.2, 0.25) is 11.4 Å². The predicted molar refractivity (Wildman–Crippen MR) is 126 cm³/mol. The van der Waals surface area contributed by atoms with Crippen molar-refractivity contribution in [2.45, 2.75) is 19.3 Å². The number of nitrogens with two attached hydrogens (primary N) is 1. The van der Waals surface area contributed by atoms with Crippen molar-refractivity contribution >= 4 is 17.4 Å². The van der Waals surface area contributed by atoms with E-state index in [0.29, 0.717) is 23.4 Å². The minimum atomic E-state index is -0.244. The van der Waals surface area contributed by atoms with Gasteiger partial charge in [-0.1, -0.05) is 6.07 Å². The van der Waals surface area contributed by atoms with Crippen LogP contribution in [0.4, 0.5) is 11.6 Å². The first-order chi connectivity index (χ1) is 16.5. The number of nitrogen functional groups attached to an aromatic ring is 1. The zero-order chi connectivity index (χ0) is 23.7. The zero-order valence-corrected chi connectivity index (χ0v) is 18.6. The molecule has 0 unspecified atom stereocenters. The third-order valence-electron chi connectivity index (χ3n) is 5.76. The molecule has 0 bridgehead atoms. The van der Waals surface area contributed by atoms with Crippen molar-refractivity contribution in [3.63, 3.8) is 0 Å². The molecule has 0 atom stereocenters. The number of anilines is 2. The average Bonchev–Trinajstić information content (AvgIpc) is 3.33. The summed E-state index contributed by atoms with van der Waals surface area (Å²) < 4.78 is 6.83. The molecule has 5 heterocycles. The first-order valence-electron chi connectivity index (χ1n) is 11.0. The minimum Gasteiger partial charge on any atom is -0.443 e. The van der Waals surface area contributed by atoms with Gasteiger partial charge >= 0.3 is 0 Å². The lowest BCUT2D eigenvalue weighted by Gasteiger charge is -2.32. The lowest BCUT2D eigenvalue weighted by atomic mass is 10.1. The summed E-state index contributed by atoms with van der Waals surface area (Å²) in [6.45, 7) is 2.01. The Balaban J connectivity index is 1.46. The van der Waals surface area contributed by atoms with Crippen LogP contribution in [0.25, 0.3) is 22.8 Å². The van der Waals surface area contributed by atoms with E-state index in [0.717, 1.165) is 24.6 Å². The van der Waals surface area contributed by atoms with Crippen molar-refractivity contribution < 1.29 is 9.21 Å². The summed E-state index contributed by atoms with van der Waals surface area (Å²) in [5, 5.41) is 0. The Hall–Kier alpha value is -4.34. The van der Waals surface area contributed by atoms with Gasteiger partial charge in [-0.3, -0.25) is 9.59 Å². The molecule has 0 amide bonds. The highest BCUT2D eigenvalue weighted by Gasteiger charge is 2.22. The largest absolute Gasteiger partial charge is 0.443 e. The van der Waals surface area contributed by atoms with Gasteiger partial charge in [-0.05, 0) is 31.0 Å². The molecular weight excluding hydrogens is 434 g/mol. The Morgan fingerprint density at radius 3 is 2.68 bits per heavy atom. The molecule has 0 aromatic carbocycles. The molecule has 1 saturated heterocycles. The van der Waals surface area contributed by atoms with Crippen molar-refractivity contribution in [1.29, 1.82) is 0 Å². The van der Waals surface area contributed by atoms with E-state index in [1.165, 1.54) is 29.5 Å². The van der Waals surface area contributed by atoms with E-state index >= 15 is 0 Å². The van der Waals surface area contributed by atoms with Crippen molar-refractivity contribution in [2.75, 3.05) is 23.7 Å². The van der Waals surface area contributed by atoms with Gasteiger partial charge in [0, 0.05) is 50.1 Å². The number of Topliss-reactive ketones (excluding diaryl/α,β-unsaturated/α-hetero) is 1. The Labute approximate surface area is 195 Å². The fraction of sp³-hybridized carbons (Fsp3) is 0.250. The number of aromatic nitrogens is 5. The van der Waals surface area contributed by atoms with Crippen LogP contribution in [-0.4, -0.2) is 43.4 Å². The lowest BCUT2D eigenvalue weighted by molar-refractivity contribution is 0.0978. The van der Waals surface area contributed by atoms with Crippen LogP contribution < -0.4 is 16.2 Å². The highest BCUT2D eigenvalue weighted by Crippen LogP contribution is 2.30. The Morgan fingerprint density at radius 2 is 1.97 bits per heavy atom. The number of ketones is 1. The number of nitrogens with zero attached hydrogens (tertiary/aromatic N) is 6. The molecule has 0 aliphatic carbocycles. The number of hydrogen-bond acceptors (Lipinski definition) is 9. The molecule has 10 nitrogen and oxygen atoms in total. The van der Waals surface area contributed by atoms with Crippen molar-refractivity contribution in [3.8, 4) is 22.8 Å². The Bertz CT molecular complexity index is 1410. The van der Waals surface area contributed by atoms with Crippen LogP contribution in [0.3, 0.4) is 0 Å². The second-order valence-corrected chi connectivity index (χ2v) is 8.11. The topological polar surface area (TPSA) is 133 Å². The fourth-order valence-corrected chi connectivity index (χ4v) is 3.77. The quantitative estimate of drug-likeness (QED) is 0.416. The van der Waals surface area contributed by atoms with Gasteiger partial charge < -0.3 is 19.6 Å². The maximum absolute atomic E-state index is 13.1. The maximum atomic E-state index is 13.1. The highest BCUT2D eigenvalue weighted by atomic mass is 16.3. The second kappa shape index (κ2) is 8.89. The van der Waals surface area contributed by atoms with E-state index in [2.05, 4.69) is 24.8 Å². The summed E-state index contributed by atoms with van der Waals surface area (Å²) in [4.78, 5) is 45.0. The van der Waals surface area contributed by atoms with Crippen LogP contribution in [0.2, 0.25) is 0 Å². The number of carbonyl (C=O) groups is 1. The summed E-state index contributed by atoms with van der Waals surface area (Å²) in [6.07, 6.45) is 6.33. The van der Waals surface area contributed by atoms with Gasteiger partial charge in [0.1, 0.15) is 23.5 Å². The van der Waals surface area contributed by atoms with Crippen LogP contribution in [0.15, 0.2) is 58.2 Å². The molecule has 2 N–H and O–H groups in total. The first kappa shape index (κ1) is 21.5. The van der Waals surface area contributed by atoms with Crippen molar-refractivity contribution in [1.82, 2.24) is 24.5 Å². The summed E-state index contributed by atoms with van der Waals surface area (Å²) in [5.41, 5.74) is 8.11. The number of hydrogen-bond donors (Lipinski definition) is 1. The van der Waals surface area contributed by atoms with Crippen LogP contribution in [0, 0.1) is 0 Å². The zero-order valence-electron chi connectivity index (χ0n) is 18.6. The fourth-order valence-electron chi connectivity index (χ4n) is 3.77. The smallest absolute Gasteiger partial charge is 0.250 e. The SMILES string of the molecule is Cn1cc(-c2nc(C(=O)CCc3cccc(N4CCC4)n3)c(N)nc2-c2ncco2)ccc1=O. The highest BCUT2D eigenvalue weighted by molar-refractivity contribution is 5.99. The van der Waals surface area contributed by atoms with Crippen molar-refractivity contribution in [3.05, 3.63) is 70.7 Å². The van der Waals surface area contributed by atoms with E-state index in [1.807, 2.05) is 18.2 Å². The van der Waals surface area contributed by atoms with Crippen LogP contribution >= 0.6 is 0 Å². The second-order valence-electron chi connectivity index (χ2n) is 8.11. The number of aryl methyl sites for hydroxylation is 2. The third-order valence-corrected chi connectivity index (χ3v) is 5.76. The van der Waals surface area contributed by atoms with E-state index in [-0.39, 0.29) is 35.2 Å². The molecule has 34 heavy (non-hydrogen) atoms. The number of rotatable bonds is 7. The molecule has 172 valence electrons. The Morgan fingerprint density at radius 1 is 1.12 bits per heavy atom. The van der Waals surface area contributed by atoms with Gasteiger partial charge in [0.25, 0.3) is 0 Å². The van der Waals surface area contributed by atoms with Gasteiger partial charge in [-0.2, -0.15) is 0 Å². The van der Waals surface area contributed by atoms with E-state index in [4.69, 9.17) is 10.2 Å². The van der Waals surface area contributed by atoms with Gasteiger partial charge in [0.05, 0.1) is 6.20 Å². The molecule has 0 spiro atoms. The average molecular weight is 457 g/mol. The van der Waals surface area contributed by atoms with Crippen LogP contribution in [0.5, 0.6) is 0 Å². The van der Waals surface area contributed by atoms with Crippen LogP contribution in [0.1, 0.15) is 29.0 Å². The number of oxazole rings is 1. The normalized spacial score (nSPS) is 13.0. The maximum Gasteiger partial charge on any atom is 0.250 e. The summed E-state index contributed by atoms with van der Waals surface area (Å²) in [5.74, 6) is 0.900. The molecule has 1 fully saturated rings. The standard InChI is InChI=1S/C24H23N7O3/c1-30-14-15(6-9-19(30)33)20-22(24-26-10-13-34-24)29-23(25)21(28-20)17(32)8-7-16-4-2-5-18(27-16)31-11-3-12-31/h2,4-6,9-10,13-14H,3,7-8,11-12H2,1H3,(H2,25,29). The van der Waals surface area contributed by atoms with E-state index in [1.54, 1.807) is 19.3 Å². The predicted octanol–water partition coefficient (Wildman–Crippen LogP) is 2.50. The van der Waals surface area contributed by atoms with Gasteiger partial charge in [0.15, 0.2) is 17.3 Å². The molecule has 5 rings (SSSR count). The third kappa shape index (κ3) is 4.17. The summed E-state index contributed by atoms with van der Waals surface area (Å²) >= 11 is 0. The molecule has 4 aromatic rings. The first-order valence-corrected chi connectivity index (χ1v) is 11.0. The molecule has 1 aliphatic heterocycles. The molecule has 1 aliphatic rings. The molecule has 4 aromatic heterocycles. The molecule has 0 radical (unpaired) electrons. The van der Waals surface area contributed by atoms with Gasteiger partial charge in [-0.15, -0.1) is 0 Å². The number of pyridine rings is 2. The van der Waals surface area contributed by atoms with E-state index in [9.17, 15) is 9.59 Å².